The molecule has 0 aliphatic rings. The molecule has 0 aliphatic heterocycles. The van der Waals surface area contributed by atoms with Gasteiger partial charge in [-0.05, 0) is 96.3 Å². The quantitative estimate of drug-likeness (QED) is 0.0264. The largest absolute Gasteiger partial charge is 0.472 e. The summed E-state index contributed by atoms with van der Waals surface area (Å²) in [5.74, 6) is -0.825. The first kappa shape index (κ1) is 74.9. The highest BCUT2D eigenvalue weighted by Gasteiger charge is 2.26. The Hall–Kier alpha value is -3.07. The minimum absolute atomic E-state index is 0.0512. The minimum Gasteiger partial charge on any atom is -0.462 e. The van der Waals surface area contributed by atoms with Crippen molar-refractivity contribution in [3.05, 3.63) is 97.2 Å². The van der Waals surface area contributed by atoms with Crippen LogP contribution in [0, 0.1) is 0 Å². The lowest BCUT2D eigenvalue weighted by Crippen LogP contribution is -2.29. The number of unbranched alkanes of at least 4 members (excludes halogenated alkanes) is 31. The molecule has 0 aromatic rings. The van der Waals surface area contributed by atoms with Crippen LogP contribution in [0.4, 0.5) is 0 Å². The maximum absolute atomic E-state index is 12.7. The minimum atomic E-state index is -4.39. The number of carbonyl (C=O) groups is 2. The zero-order valence-electron chi connectivity index (χ0n) is 50.4. The Morgan fingerprint density at radius 1 is 0.397 bits per heavy atom. The average Bonchev–Trinajstić information content (AvgIpc) is 3.43. The van der Waals surface area contributed by atoms with Crippen LogP contribution in [-0.4, -0.2) is 49.3 Å². The van der Waals surface area contributed by atoms with Crippen LogP contribution in [0.1, 0.15) is 290 Å². The summed E-state index contributed by atoms with van der Waals surface area (Å²) >= 11 is 0. The summed E-state index contributed by atoms with van der Waals surface area (Å²) in [5.41, 5.74) is 5.39. The molecule has 2 atom stereocenters. The van der Waals surface area contributed by atoms with E-state index in [2.05, 4.69) is 111 Å². The number of nitrogens with two attached hydrogens (primary N) is 1. The van der Waals surface area contributed by atoms with Crippen molar-refractivity contribution in [3.63, 3.8) is 0 Å². The van der Waals surface area contributed by atoms with Gasteiger partial charge in [0.1, 0.15) is 6.61 Å². The summed E-state index contributed by atoms with van der Waals surface area (Å²) in [6.07, 6.45) is 84.8. The highest BCUT2D eigenvalue weighted by molar-refractivity contribution is 7.47. The fourth-order valence-corrected chi connectivity index (χ4v) is 9.73. The van der Waals surface area contributed by atoms with Crippen LogP contribution in [0.15, 0.2) is 97.2 Å². The highest BCUT2D eigenvalue weighted by Crippen LogP contribution is 2.43. The normalized spacial score (nSPS) is 13.6. The number of hydrogen-bond acceptors (Lipinski definition) is 8. The van der Waals surface area contributed by atoms with Crippen LogP contribution < -0.4 is 5.73 Å². The van der Waals surface area contributed by atoms with Gasteiger partial charge >= 0.3 is 19.8 Å². The van der Waals surface area contributed by atoms with E-state index in [1.165, 1.54) is 161 Å². The molecule has 0 fully saturated rings. The number of phosphoric acid groups is 1. The second-order valence-corrected chi connectivity index (χ2v) is 22.7. The van der Waals surface area contributed by atoms with E-state index in [0.717, 1.165) is 96.3 Å². The van der Waals surface area contributed by atoms with Gasteiger partial charge in [0.15, 0.2) is 6.10 Å². The van der Waals surface area contributed by atoms with Crippen molar-refractivity contribution in [2.45, 2.75) is 296 Å². The standard InChI is InChI=1S/C68H120NO8P/c1-3-5-7-9-11-13-15-17-19-21-23-24-25-26-27-28-29-30-31-32-33-34-35-36-37-38-39-40-41-42-43-45-47-49-51-53-55-57-59-61-68(71)77-66(65-76-78(72,73)75-63-62-69)64-74-67(70)60-58-56-54-52-50-48-46-44-22-20-18-16-14-12-10-8-6-4-2/h5,7,11,13,17,19-20,22-24,26-27,29-30,32-33,66H,3-4,6,8-10,12,14-16,18,21,25,28,31,34-65,69H2,1-2H3,(H,72,73)/b7-5-,13-11-,19-17-,22-20-,24-23-,27-26-,30-29-,33-32-. The molecule has 0 aromatic heterocycles. The first-order valence-corrected chi connectivity index (χ1v) is 33.7. The molecule has 0 saturated heterocycles. The van der Waals surface area contributed by atoms with E-state index in [1.807, 2.05) is 0 Å². The molecule has 0 radical (unpaired) electrons. The summed E-state index contributed by atoms with van der Waals surface area (Å²) in [5, 5.41) is 0. The molecule has 0 spiro atoms. The zero-order valence-corrected chi connectivity index (χ0v) is 51.3. The topological polar surface area (TPSA) is 134 Å². The number of allylic oxidation sites excluding steroid dienone is 16. The fraction of sp³-hybridized carbons (Fsp3) is 0.735. The van der Waals surface area contributed by atoms with Gasteiger partial charge in [-0.3, -0.25) is 18.6 Å². The van der Waals surface area contributed by atoms with Crippen molar-refractivity contribution in [1.82, 2.24) is 0 Å². The van der Waals surface area contributed by atoms with Gasteiger partial charge in [-0.15, -0.1) is 0 Å². The van der Waals surface area contributed by atoms with Gasteiger partial charge in [0.05, 0.1) is 13.2 Å². The number of rotatable bonds is 60. The number of esters is 2. The highest BCUT2D eigenvalue weighted by atomic mass is 31.2. The van der Waals surface area contributed by atoms with Crippen molar-refractivity contribution in [2.75, 3.05) is 26.4 Å². The van der Waals surface area contributed by atoms with E-state index in [9.17, 15) is 19.0 Å². The Balaban J connectivity index is 3.86. The lowest BCUT2D eigenvalue weighted by atomic mass is 10.0. The summed E-state index contributed by atoms with van der Waals surface area (Å²) in [6.45, 7) is 3.65. The van der Waals surface area contributed by atoms with Crippen molar-refractivity contribution < 1.29 is 37.6 Å². The molecule has 9 nitrogen and oxygen atoms in total. The van der Waals surface area contributed by atoms with E-state index >= 15 is 0 Å². The smallest absolute Gasteiger partial charge is 0.462 e. The molecule has 10 heteroatoms. The molecule has 450 valence electrons. The number of ether oxygens (including phenoxy) is 2. The predicted molar refractivity (Wildman–Crippen MR) is 335 cm³/mol. The summed E-state index contributed by atoms with van der Waals surface area (Å²) in [6, 6.07) is 0. The van der Waals surface area contributed by atoms with Crippen molar-refractivity contribution in [3.8, 4) is 0 Å². The maximum Gasteiger partial charge on any atom is 0.472 e. The Bertz CT molecular complexity index is 1600. The van der Waals surface area contributed by atoms with E-state index in [1.54, 1.807) is 0 Å². The third-order valence-corrected chi connectivity index (χ3v) is 14.7. The zero-order chi connectivity index (χ0) is 56.6. The van der Waals surface area contributed by atoms with Crippen molar-refractivity contribution >= 4 is 19.8 Å². The number of hydrogen-bond donors (Lipinski definition) is 2. The Labute approximate surface area is 480 Å². The Morgan fingerprint density at radius 2 is 0.705 bits per heavy atom. The Kier molecular flexibility index (Phi) is 60.6. The van der Waals surface area contributed by atoms with Gasteiger partial charge in [-0.1, -0.05) is 278 Å². The third kappa shape index (κ3) is 62.1. The Morgan fingerprint density at radius 3 is 1.06 bits per heavy atom. The molecule has 0 bridgehead atoms. The first-order valence-electron chi connectivity index (χ1n) is 32.2. The molecule has 0 saturated carbocycles. The number of phosphoric ester groups is 1. The van der Waals surface area contributed by atoms with Gasteiger partial charge < -0.3 is 20.1 Å². The van der Waals surface area contributed by atoms with E-state index in [4.69, 9.17) is 24.3 Å². The van der Waals surface area contributed by atoms with Crippen LogP contribution in [0.3, 0.4) is 0 Å². The summed E-state index contributed by atoms with van der Waals surface area (Å²) in [7, 11) is -4.39. The second-order valence-electron chi connectivity index (χ2n) is 21.2. The van der Waals surface area contributed by atoms with E-state index in [-0.39, 0.29) is 38.6 Å². The molecule has 0 heterocycles. The summed E-state index contributed by atoms with van der Waals surface area (Å²) in [4.78, 5) is 35.2. The van der Waals surface area contributed by atoms with Crippen molar-refractivity contribution in [1.29, 1.82) is 0 Å². The van der Waals surface area contributed by atoms with E-state index in [0.29, 0.717) is 6.42 Å². The monoisotopic (exact) mass is 1110 g/mol. The van der Waals surface area contributed by atoms with Gasteiger partial charge in [0.25, 0.3) is 0 Å². The predicted octanol–water partition coefficient (Wildman–Crippen LogP) is 20.8. The molecule has 0 aromatic carbocycles. The summed E-state index contributed by atoms with van der Waals surface area (Å²) < 4.78 is 33.1. The molecule has 0 rings (SSSR count). The number of carbonyl (C=O) groups excluding carboxylic acids is 2. The fourth-order valence-electron chi connectivity index (χ4n) is 8.97. The molecule has 2 unspecified atom stereocenters. The van der Waals surface area contributed by atoms with Crippen LogP contribution in [-0.2, 0) is 32.7 Å². The van der Waals surface area contributed by atoms with Crippen LogP contribution in [0.2, 0.25) is 0 Å². The average molecular weight is 1110 g/mol. The van der Waals surface area contributed by atoms with Crippen LogP contribution in [0.25, 0.3) is 0 Å². The van der Waals surface area contributed by atoms with Gasteiger partial charge in [-0.2, -0.15) is 0 Å². The SMILES string of the molecule is CC/C=C\C/C=C\C/C=C\C/C=C\C/C=C\C/C=C\C/C=C\CCCCCCCCCCCCCCCCCCCC(=O)OC(COC(=O)CCCCCCCCC/C=C\CCCCCCCCC)COP(=O)(O)OCCN. The third-order valence-electron chi connectivity index (χ3n) is 13.7. The molecule has 0 amide bonds. The lowest BCUT2D eigenvalue weighted by Gasteiger charge is -2.19. The molecule has 0 aliphatic carbocycles. The lowest BCUT2D eigenvalue weighted by molar-refractivity contribution is -0.161. The van der Waals surface area contributed by atoms with Gasteiger partial charge in [-0.25, -0.2) is 4.57 Å². The van der Waals surface area contributed by atoms with E-state index < -0.39 is 26.5 Å². The van der Waals surface area contributed by atoms with Crippen LogP contribution >= 0.6 is 7.82 Å². The molecule has 78 heavy (non-hydrogen) atoms. The van der Waals surface area contributed by atoms with Crippen molar-refractivity contribution in [2.24, 2.45) is 5.73 Å². The first-order chi connectivity index (χ1) is 38.3. The van der Waals surface area contributed by atoms with Crippen LogP contribution in [0.5, 0.6) is 0 Å². The van der Waals surface area contributed by atoms with Gasteiger partial charge in [0.2, 0.25) is 0 Å². The molecular formula is C68H120NO8P. The van der Waals surface area contributed by atoms with Gasteiger partial charge in [0, 0.05) is 19.4 Å². The maximum atomic E-state index is 12.7. The molecule has 3 N–H and O–H groups in total. The molecular weight excluding hydrogens is 990 g/mol. The second kappa shape index (κ2) is 63.1.